The lowest BCUT2D eigenvalue weighted by Gasteiger charge is -2.37. The Morgan fingerprint density at radius 2 is 1.83 bits per heavy atom. The molecular weight excluding hydrogens is 624 g/mol. The molecule has 1 heterocycles. The van der Waals surface area contributed by atoms with E-state index in [2.05, 4.69) is 5.32 Å². The molecule has 0 aliphatic heterocycles. The van der Waals surface area contributed by atoms with Crippen LogP contribution >= 0.6 is 11.6 Å². The average Bonchev–Trinajstić information content (AvgIpc) is 3.57. The zero-order valence-electron chi connectivity index (χ0n) is 26.6. The lowest BCUT2D eigenvalue weighted by atomic mass is 9.87. The number of nitrogens with one attached hydrogen (secondary N) is 1. The molecule has 1 aliphatic carbocycles. The molecule has 0 fully saturated rings. The normalized spacial score (nSPS) is 14.8. The first-order valence-corrected chi connectivity index (χ1v) is 15.6. The third kappa shape index (κ3) is 8.72. The predicted molar refractivity (Wildman–Crippen MR) is 176 cm³/mol. The van der Waals surface area contributed by atoms with Crippen LogP contribution in [0.5, 0.6) is 11.5 Å². The van der Waals surface area contributed by atoms with Gasteiger partial charge in [0.2, 0.25) is 0 Å². The van der Waals surface area contributed by atoms with Gasteiger partial charge in [-0.25, -0.2) is 9.59 Å². The van der Waals surface area contributed by atoms with Crippen LogP contribution in [0.1, 0.15) is 70.9 Å². The van der Waals surface area contributed by atoms with Crippen LogP contribution in [0.3, 0.4) is 0 Å². The largest absolute Gasteiger partial charge is 0.465 e. The van der Waals surface area contributed by atoms with Crippen molar-refractivity contribution in [2.75, 3.05) is 19.0 Å². The van der Waals surface area contributed by atoms with E-state index in [1.165, 1.54) is 31.6 Å². The number of aliphatic hydroxyl groups is 1. The molecule has 5 rings (SSSR count). The van der Waals surface area contributed by atoms with Crippen molar-refractivity contribution >= 4 is 35.3 Å². The number of methoxy groups -OCH3 is 1. The minimum Gasteiger partial charge on any atom is -0.465 e. The number of esters is 1. The molecule has 4 aromatic rings. The van der Waals surface area contributed by atoms with Crippen molar-refractivity contribution in [2.45, 2.75) is 57.8 Å². The van der Waals surface area contributed by atoms with E-state index in [-0.39, 0.29) is 23.9 Å². The topological polar surface area (TPSA) is 128 Å². The number of nitrogens with zero attached hydrogens (tertiary/aromatic N) is 1. The van der Waals surface area contributed by atoms with Gasteiger partial charge in [0.15, 0.2) is 5.76 Å². The highest BCUT2D eigenvalue weighted by Gasteiger charge is 2.33. The summed E-state index contributed by atoms with van der Waals surface area (Å²) in [5.41, 5.74) is 2.46. The first kappa shape index (κ1) is 33.6. The molecule has 47 heavy (non-hydrogen) atoms. The van der Waals surface area contributed by atoms with E-state index < -0.39 is 29.7 Å². The number of halogens is 1. The first-order valence-electron chi connectivity index (χ1n) is 15.2. The summed E-state index contributed by atoms with van der Waals surface area (Å²) in [5.74, 6) is -0.176. The summed E-state index contributed by atoms with van der Waals surface area (Å²) < 4.78 is 22.0. The second-order valence-electron chi connectivity index (χ2n) is 12.3. The van der Waals surface area contributed by atoms with E-state index in [4.69, 9.17) is 30.2 Å². The molecule has 1 aromatic heterocycles. The number of rotatable bonds is 9. The highest BCUT2D eigenvalue weighted by atomic mass is 35.5. The van der Waals surface area contributed by atoms with Crippen LogP contribution in [0.25, 0.3) is 0 Å². The molecule has 0 radical (unpaired) electrons. The molecule has 3 aromatic carbocycles. The van der Waals surface area contributed by atoms with Crippen LogP contribution in [-0.2, 0) is 22.3 Å². The van der Waals surface area contributed by atoms with Gasteiger partial charge in [0, 0.05) is 22.8 Å². The van der Waals surface area contributed by atoms with Gasteiger partial charge in [-0.15, -0.1) is 0 Å². The molecule has 2 amide bonds. The van der Waals surface area contributed by atoms with Crippen molar-refractivity contribution in [1.29, 1.82) is 0 Å². The smallest absolute Gasteiger partial charge is 0.410 e. The zero-order chi connectivity index (χ0) is 33.7. The highest BCUT2D eigenvalue weighted by Crippen LogP contribution is 2.33. The van der Waals surface area contributed by atoms with Crippen molar-refractivity contribution in [3.8, 4) is 11.5 Å². The third-order valence-electron chi connectivity index (χ3n) is 7.62. The van der Waals surface area contributed by atoms with Gasteiger partial charge in [0.25, 0.3) is 5.91 Å². The number of amides is 2. The van der Waals surface area contributed by atoms with E-state index in [0.29, 0.717) is 47.0 Å². The molecule has 10 nitrogen and oxygen atoms in total. The van der Waals surface area contributed by atoms with Crippen molar-refractivity contribution in [3.05, 3.63) is 112 Å². The van der Waals surface area contributed by atoms with Gasteiger partial charge in [-0.05, 0) is 105 Å². The Hall–Kier alpha value is -4.80. The fourth-order valence-corrected chi connectivity index (χ4v) is 5.64. The van der Waals surface area contributed by atoms with E-state index in [1.807, 2.05) is 18.2 Å². The summed E-state index contributed by atoms with van der Waals surface area (Å²) in [6, 6.07) is 20.1. The van der Waals surface area contributed by atoms with E-state index in [9.17, 15) is 19.5 Å². The maximum Gasteiger partial charge on any atom is 0.410 e. The van der Waals surface area contributed by atoms with Gasteiger partial charge in [-0.2, -0.15) is 0 Å². The third-order valence-corrected chi connectivity index (χ3v) is 7.85. The maximum absolute atomic E-state index is 13.5. The number of benzene rings is 3. The summed E-state index contributed by atoms with van der Waals surface area (Å²) >= 11 is 6.16. The number of fused-ring (bicyclic) bond motifs is 1. The molecule has 0 spiro atoms. The van der Waals surface area contributed by atoms with Crippen LogP contribution in [0.4, 0.5) is 10.5 Å². The lowest BCUT2D eigenvalue weighted by Crippen LogP contribution is -2.47. The summed E-state index contributed by atoms with van der Waals surface area (Å²) in [4.78, 5) is 40.1. The molecule has 2 atom stereocenters. The Morgan fingerprint density at radius 1 is 1.02 bits per heavy atom. The fraction of sp³-hybridized carbons (Fsp3) is 0.306. The minimum absolute atomic E-state index is 0.0261. The van der Waals surface area contributed by atoms with E-state index in [1.54, 1.807) is 62.1 Å². The number of hydrogen-bond acceptors (Lipinski definition) is 8. The number of carbonyl (C=O) groups excluding carboxylic acids is 3. The Bertz CT molecular complexity index is 1750. The fourth-order valence-electron chi connectivity index (χ4n) is 5.44. The molecule has 11 heteroatoms. The Morgan fingerprint density at radius 3 is 2.53 bits per heavy atom. The molecule has 2 N–H and O–H groups in total. The van der Waals surface area contributed by atoms with E-state index >= 15 is 0 Å². The highest BCUT2D eigenvalue weighted by molar-refractivity contribution is 6.30. The van der Waals surface area contributed by atoms with Gasteiger partial charge in [0.1, 0.15) is 17.1 Å². The van der Waals surface area contributed by atoms with E-state index in [0.717, 1.165) is 11.1 Å². The van der Waals surface area contributed by atoms with Gasteiger partial charge < -0.3 is 34.0 Å². The monoisotopic (exact) mass is 660 g/mol. The summed E-state index contributed by atoms with van der Waals surface area (Å²) in [6.07, 6.45) is 1.79. The average molecular weight is 661 g/mol. The lowest BCUT2D eigenvalue weighted by molar-refractivity contribution is 0.00194. The van der Waals surface area contributed by atoms with Crippen molar-refractivity contribution in [2.24, 2.45) is 0 Å². The molecule has 246 valence electrons. The number of furan rings is 1. The first-order chi connectivity index (χ1) is 22.4. The Kier molecular flexibility index (Phi) is 10.2. The quantitative estimate of drug-likeness (QED) is 0.176. The van der Waals surface area contributed by atoms with Crippen molar-refractivity contribution in [3.63, 3.8) is 0 Å². The molecule has 0 saturated heterocycles. The van der Waals surface area contributed by atoms with Crippen molar-refractivity contribution in [1.82, 2.24) is 4.90 Å². The maximum atomic E-state index is 13.5. The molecule has 0 bridgehead atoms. The van der Waals surface area contributed by atoms with Crippen LogP contribution in [-0.4, -0.2) is 53.3 Å². The molecule has 1 aliphatic rings. The zero-order valence-corrected chi connectivity index (χ0v) is 27.4. The van der Waals surface area contributed by atoms with Crippen LogP contribution < -0.4 is 10.1 Å². The van der Waals surface area contributed by atoms with Gasteiger partial charge in [0.05, 0.1) is 31.6 Å². The Balaban J connectivity index is 1.38. The van der Waals surface area contributed by atoms with Gasteiger partial charge in [-0.3, -0.25) is 4.79 Å². The second kappa shape index (κ2) is 14.3. The van der Waals surface area contributed by atoms with Crippen molar-refractivity contribution < 1.29 is 38.1 Å². The standard InChI is InChI=1S/C36H37ClN2O8/c1-36(2,3)47-35(43)39(21-31(40)23-7-5-8-26(37)15-23)28-12-10-22-11-13-29(18-24(22)17-28)46-30-19-25(34(42)44-4)16-27(20-30)38-33(41)32-9-6-14-45-32/h5-9,11,13-16,18-20,28,31,40H,10,12,17,21H2,1-4H3,(H,38,41)/t28-,31+/m0/s1. The minimum atomic E-state index is -0.971. The van der Waals surface area contributed by atoms with Gasteiger partial charge in [-0.1, -0.05) is 29.8 Å². The number of anilines is 1. The van der Waals surface area contributed by atoms with Crippen LogP contribution in [0.2, 0.25) is 5.02 Å². The second-order valence-corrected chi connectivity index (χ2v) is 12.7. The van der Waals surface area contributed by atoms with Crippen LogP contribution in [0, 0.1) is 0 Å². The summed E-state index contributed by atoms with van der Waals surface area (Å²) in [7, 11) is 1.27. The molecule has 0 unspecified atom stereocenters. The molecule has 0 saturated carbocycles. The summed E-state index contributed by atoms with van der Waals surface area (Å²) in [5, 5.41) is 14.3. The predicted octanol–water partition coefficient (Wildman–Crippen LogP) is 7.59. The van der Waals surface area contributed by atoms with Crippen LogP contribution in [0.15, 0.2) is 83.5 Å². The number of carbonyl (C=O) groups is 3. The Labute approximate surface area is 278 Å². The summed E-state index contributed by atoms with van der Waals surface area (Å²) in [6.45, 7) is 5.44. The number of hydrogen-bond donors (Lipinski definition) is 2. The molecular formula is C36H37ClN2O8. The number of ether oxygens (including phenoxy) is 3. The number of aryl methyl sites for hydroxylation is 1. The SMILES string of the molecule is COC(=O)c1cc(NC(=O)c2ccco2)cc(Oc2ccc3c(c2)C[C@@H](N(C[C@@H](O)c2cccc(Cl)c2)C(=O)OC(C)(C)C)CC3)c1. The van der Waals surface area contributed by atoms with Gasteiger partial charge >= 0.3 is 12.1 Å². The number of aliphatic hydroxyl groups excluding tert-OH is 1.